The van der Waals surface area contributed by atoms with Gasteiger partial charge in [-0.25, -0.2) is 0 Å². The number of hydrogen-bond donors (Lipinski definition) is 0. The van der Waals surface area contributed by atoms with Crippen LogP contribution < -0.4 is 5.01 Å². The Morgan fingerprint density at radius 3 is 2.23 bits per heavy atom. The van der Waals surface area contributed by atoms with Gasteiger partial charge in [-0.05, 0) is 41.9 Å². The van der Waals surface area contributed by atoms with Crippen molar-refractivity contribution in [3.63, 3.8) is 0 Å². The fraction of sp³-hybridized carbons (Fsp3) is 0.105. The maximum atomic E-state index is 12.9. The summed E-state index contributed by atoms with van der Waals surface area (Å²) >= 11 is 0. The lowest BCUT2D eigenvalue weighted by Gasteiger charge is -2.20. The third kappa shape index (κ3) is 2.13. The molecular weight excluding hydrogens is 332 g/mol. The van der Waals surface area contributed by atoms with E-state index in [9.17, 15) is 14.4 Å². The Hall–Kier alpha value is -3.79. The Balaban J connectivity index is 1.76. The quantitative estimate of drug-likeness (QED) is 0.619. The molecule has 2 aliphatic heterocycles. The summed E-state index contributed by atoms with van der Waals surface area (Å²) in [4.78, 5) is 42.4. The first-order chi connectivity index (χ1) is 12.5. The zero-order valence-corrected chi connectivity index (χ0v) is 13.7. The Kier molecular flexibility index (Phi) is 3.41. The molecule has 126 valence electrons. The number of carbonyl (C=O) groups is 3. The van der Waals surface area contributed by atoms with Crippen molar-refractivity contribution in [3.8, 4) is 0 Å². The van der Waals surface area contributed by atoms with E-state index in [4.69, 9.17) is 6.57 Å². The molecule has 1 atom stereocenters. The van der Waals surface area contributed by atoms with Gasteiger partial charge in [0, 0.05) is 0 Å². The van der Waals surface area contributed by atoms with Gasteiger partial charge in [0.2, 0.25) is 0 Å². The third-order valence-electron chi connectivity index (χ3n) is 4.33. The molecule has 0 bridgehead atoms. The minimum Gasteiger partial charge on any atom is -0.360 e. The highest BCUT2D eigenvalue weighted by atomic mass is 16.2. The molecule has 2 heterocycles. The number of imide groups is 1. The molecule has 2 aliphatic rings. The van der Waals surface area contributed by atoms with Crippen molar-refractivity contribution in [3.05, 3.63) is 76.6 Å². The number of hydrazone groups is 1. The molecule has 3 amide bonds. The number of amidine groups is 1. The molecule has 0 fully saturated rings. The first-order valence-corrected chi connectivity index (χ1v) is 7.86. The van der Waals surface area contributed by atoms with Crippen molar-refractivity contribution >= 4 is 29.2 Å². The molecular formula is C19H12N4O3. The molecule has 7 heteroatoms. The smallest absolute Gasteiger partial charge is 0.304 e. The van der Waals surface area contributed by atoms with E-state index in [0.29, 0.717) is 5.69 Å². The van der Waals surface area contributed by atoms with Crippen molar-refractivity contribution in [1.29, 1.82) is 0 Å². The molecule has 0 spiro atoms. The number of hydrogen-bond acceptors (Lipinski definition) is 4. The molecule has 0 saturated carbocycles. The molecule has 7 nitrogen and oxygen atoms in total. The van der Waals surface area contributed by atoms with Crippen LogP contribution in [0.3, 0.4) is 0 Å². The van der Waals surface area contributed by atoms with Gasteiger partial charge >= 0.3 is 5.84 Å². The van der Waals surface area contributed by atoms with Crippen molar-refractivity contribution < 1.29 is 14.4 Å². The highest BCUT2D eigenvalue weighted by Crippen LogP contribution is 2.30. The Bertz CT molecular complexity index is 1020. The fourth-order valence-corrected chi connectivity index (χ4v) is 3.13. The molecule has 26 heavy (non-hydrogen) atoms. The van der Waals surface area contributed by atoms with Gasteiger partial charge in [0.1, 0.15) is 0 Å². The second-order valence-corrected chi connectivity index (χ2v) is 5.99. The predicted molar refractivity (Wildman–Crippen MR) is 93.4 cm³/mol. The summed E-state index contributed by atoms with van der Waals surface area (Å²) in [6.07, 6.45) is 0. The average molecular weight is 344 g/mol. The van der Waals surface area contributed by atoms with Crippen LogP contribution in [0.4, 0.5) is 5.69 Å². The molecule has 0 aromatic heterocycles. The van der Waals surface area contributed by atoms with Crippen molar-refractivity contribution in [2.24, 2.45) is 5.10 Å². The van der Waals surface area contributed by atoms with E-state index < -0.39 is 23.8 Å². The first-order valence-electron chi connectivity index (χ1n) is 7.86. The molecule has 2 aromatic carbocycles. The van der Waals surface area contributed by atoms with Crippen molar-refractivity contribution in [2.45, 2.75) is 13.0 Å². The number of benzene rings is 2. The Morgan fingerprint density at radius 2 is 1.65 bits per heavy atom. The number of carbonyl (C=O) groups excluding carboxylic acids is 3. The highest BCUT2D eigenvalue weighted by Gasteiger charge is 2.51. The number of fused-ring (bicyclic) bond motifs is 1. The van der Waals surface area contributed by atoms with Crippen LogP contribution in [0.15, 0.2) is 53.6 Å². The van der Waals surface area contributed by atoms with Crippen LogP contribution in [0.1, 0.15) is 26.3 Å². The topological polar surface area (TPSA) is 74.4 Å². The standard InChI is InChI=1S/C19H12N4O3/c1-11-6-5-7-12(10-11)23-19(26)15(16(20-2)21-23)22-17(24)13-8-3-4-9-14(13)18(22)25/h3-10,15H,1H3. The lowest BCUT2D eigenvalue weighted by atomic mass is 10.1. The summed E-state index contributed by atoms with van der Waals surface area (Å²) in [6, 6.07) is 12.1. The van der Waals surface area contributed by atoms with E-state index in [1.807, 2.05) is 13.0 Å². The average Bonchev–Trinajstić information content (AvgIpc) is 3.10. The maximum absolute atomic E-state index is 12.9. The molecule has 0 aliphatic carbocycles. The zero-order valence-electron chi connectivity index (χ0n) is 13.7. The largest absolute Gasteiger partial charge is 0.360 e. The predicted octanol–water partition coefficient (Wildman–Crippen LogP) is 2.24. The summed E-state index contributed by atoms with van der Waals surface area (Å²) in [5.74, 6) is -1.99. The van der Waals surface area contributed by atoms with Gasteiger partial charge in [0.05, 0.1) is 16.8 Å². The van der Waals surface area contributed by atoms with Crippen LogP contribution in [0.25, 0.3) is 4.85 Å². The number of anilines is 1. The maximum Gasteiger partial charge on any atom is 0.304 e. The van der Waals surface area contributed by atoms with Crippen molar-refractivity contribution in [1.82, 2.24) is 4.90 Å². The first kappa shape index (κ1) is 15.7. The number of nitrogens with zero attached hydrogens (tertiary/aromatic N) is 4. The van der Waals surface area contributed by atoms with Crippen LogP contribution in [0, 0.1) is 13.5 Å². The van der Waals surface area contributed by atoms with Crippen LogP contribution in [0.2, 0.25) is 0 Å². The van der Waals surface area contributed by atoms with Gasteiger partial charge in [-0.3, -0.25) is 19.3 Å². The Labute approximate surface area is 149 Å². The van der Waals surface area contributed by atoms with E-state index in [2.05, 4.69) is 9.95 Å². The highest BCUT2D eigenvalue weighted by molar-refractivity contribution is 6.30. The number of aryl methyl sites for hydroxylation is 1. The summed E-state index contributed by atoms with van der Waals surface area (Å²) in [7, 11) is 0. The lowest BCUT2D eigenvalue weighted by Crippen LogP contribution is -2.49. The van der Waals surface area contributed by atoms with Gasteiger partial charge in [-0.1, -0.05) is 30.8 Å². The van der Waals surface area contributed by atoms with Gasteiger partial charge in [0.25, 0.3) is 17.7 Å². The van der Waals surface area contributed by atoms with E-state index in [-0.39, 0.29) is 17.0 Å². The summed E-state index contributed by atoms with van der Waals surface area (Å²) in [5, 5.41) is 5.13. The molecule has 2 aromatic rings. The van der Waals surface area contributed by atoms with Crippen LogP contribution in [-0.2, 0) is 4.79 Å². The van der Waals surface area contributed by atoms with Gasteiger partial charge in [0.15, 0.2) is 6.04 Å². The van der Waals surface area contributed by atoms with E-state index in [1.54, 1.807) is 30.3 Å². The zero-order chi connectivity index (χ0) is 18.4. The van der Waals surface area contributed by atoms with Gasteiger partial charge in [-0.2, -0.15) is 0 Å². The SMILES string of the molecule is [C-]#[N+]C1=NN(c2cccc(C)c2)C(=O)C1N1C(=O)c2ccccc2C1=O. The third-order valence-corrected chi connectivity index (χ3v) is 4.33. The minimum absolute atomic E-state index is 0.203. The van der Waals surface area contributed by atoms with Crippen LogP contribution >= 0.6 is 0 Å². The van der Waals surface area contributed by atoms with E-state index >= 15 is 0 Å². The lowest BCUT2D eigenvalue weighted by molar-refractivity contribution is -0.119. The van der Waals surface area contributed by atoms with Crippen LogP contribution in [0.5, 0.6) is 0 Å². The summed E-state index contributed by atoms with van der Waals surface area (Å²) in [5.41, 5.74) is 1.85. The van der Waals surface area contributed by atoms with Crippen LogP contribution in [-0.4, -0.2) is 34.5 Å². The van der Waals surface area contributed by atoms with Gasteiger partial charge in [-0.15, -0.1) is 5.01 Å². The minimum atomic E-state index is -1.35. The summed E-state index contributed by atoms with van der Waals surface area (Å²) < 4.78 is 0. The second-order valence-electron chi connectivity index (χ2n) is 5.99. The van der Waals surface area contributed by atoms with E-state index in [1.165, 1.54) is 12.1 Å². The Morgan fingerprint density at radius 1 is 1.00 bits per heavy atom. The monoisotopic (exact) mass is 344 g/mol. The molecule has 4 rings (SSSR count). The number of amides is 3. The molecule has 0 saturated heterocycles. The molecule has 0 N–H and O–H groups in total. The molecule has 1 unspecified atom stereocenters. The molecule has 0 radical (unpaired) electrons. The van der Waals surface area contributed by atoms with Gasteiger partial charge < -0.3 is 4.85 Å². The van der Waals surface area contributed by atoms with E-state index in [0.717, 1.165) is 15.5 Å². The second kappa shape index (κ2) is 5.63. The normalized spacial score (nSPS) is 18.8. The summed E-state index contributed by atoms with van der Waals surface area (Å²) in [6.45, 7) is 9.20. The van der Waals surface area contributed by atoms with Crippen molar-refractivity contribution in [2.75, 3.05) is 5.01 Å². The number of rotatable bonds is 2. The fourth-order valence-electron chi connectivity index (χ4n) is 3.13.